The summed E-state index contributed by atoms with van der Waals surface area (Å²) < 4.78 is 32.1. The van der Waals surface area contributed by atoms with Gasteiger partial charge in [0, 0.05) is 13.2 Å². The molecule has 4 nitrogen and oxygen atoms in total. The van der Waals surface area contributed by atoms with Gasteiger partial charge in [0.05, 0.1) is 11.5 Å². The molecular weight excluding hydrogens is 286 g/mol. The summed E-state index contributed by atoms with van der Waals surface area (Å²) in [4.78, 5) is 0.276. The van der Waals surface area contributed by atoms with E-state index < -0.39 is 10.0 Å². The van der Waals surface area contributed by atoms with Crippen molar-refractivity contribution in [1.29, 1.82) is 0 Å². The minimum atomic E-state index is -3.46. The lowest BCUT2D eigenvalue weighted by molar-refractivity contribution is 0.134. The quantitative estimate of drug-likeness (QED) is 0.855. The molecule has 2 aromatic carbocycles. The Balaban J connectivity index is 1.97. The van der Waals surface area contributed by atoms with Crippen molar-refractivity contribution < 1.29 is 13.2 Å². The molecule has 0 spiro atoms. The molecular formula is C16H19NO3S. The largest absolute Gasteiger partial charge is 0.377 e. The maximum absolute atomic E-state index is 12.1. The van der Waals surface area contributed by atoms with Crippen LogP contribution in [0.15, 0.2) is 59.5 Å². The zero-order chi connectivity index (χ0) is 15.1. The second-order valence-electron chi connectivity index (χ2n) is 4.59. The first-order chi connectivity index (χ1) is 10.1. The number of benzene rings is 2. The fourth-order valence-electron chi connectivity index (χ4n) is 1.83. The third-order valence-electron chi connectivity index (χ3n) is 3.02. The normalized spacial score (nSPS) is 11.5. The Kier molecular flexibility index (Phi) is 5.50. The van der Waals surface area contributed by atoms with Gasteiger partial charge in [0.15, 0.2) is 0 Å². The number of sulfonamides is 1. The van der Waals surface area contributed by atoms with E-state index in [-0.39, 0.29) is 11.4 Å². The van der Waals surface area contributed by atoms with Gasteiger partial charge in [0.1, 0.15) is 0 Å². The smallest absolute Gasteiger partial charge is 0.240 e. The summed E-state index contributed by atoms with van der Waals surface area (Å²) in [5.41, 5.74) is 1.99. The summed E-state index contributed by atoms with van der Waals surface area (Å²) in [6, 6.07) is 16.1. The summed E-state index contributed by atoms with van der Waals surface area (Å²) in [7, 11) is -3.46. The van der Waals surface area contributed by atoms with Gasteiger partial charge in [0.25, 0.3) is 0 Å². The molecule has 0 aliphatic rings. The lowest BCUT2D eigenvalue weighted by Gasteiger charge is -2.08. The van der Waals surface area contributed by atoms with Gasteiger partial charge in [-0.05, 0) is 30.2 Å². The molecule has 0 aliphatic carbocycles. The number of hydrogen-bond acceptors (Lipinski definition) is 3. The number of nitrogens with one attached hydrogen (secondary N) is 1. The molecule has 0 saturated carbocycles. The Morgan fingerprint density at radius 1 is 0.952 bits per heavy atom. The monoisotopic (exact) mass is 305 g/mol. The van der Waals surface area contributed by atoms with E-state index in [1.807, 2.05) is 31.2 Å². The van der Waals surface area contributed by atoms with Crippen LogP contribution in [-0.2, 0) is 27.9 Å². The Morgan fingerprint density at radius 3 is 2.19 bits per heavy atom. The summed E-state index contributed by atoms with van der Waals surface area (Å²) >= 11 is 0. The first-order valence-electron chi connectivity index (χ1n) is 6.82. The van der Waals surface area contributed by atoms with E-state index in [4.69, 9.17) is 4.74 Å². The number of ether oxygens (including phenoxy) is 1. The Hall–Kier alpha value is -1.69. The zero-order valence-corrected chi connectivity index (χ0v) is 12.8. The van der Waals surface area contributed by atoms with E-state index >= 15 is 0 Å². The second-order valence-corrected chi connectivity index (χ2v) is 6.36. The molecule has 0 aromatic heterocycles. The van der Waals surface area contributed by atoms with E-state index in [1.54, 1.807) is 30.3 Å². The van der Waals surface area contributed by atoms with Crippen LogP contribution >= 0.6 is 0 Å². The van der Waals surface area contributed by atoms with Crippen LogP contribution in [0, 0.1) is 0 Å². The highest BCUT2D eigenvalue weighted by atomic mass is 32.2. The summed E-state index contributed by atoms with van der Waals surface area (Å²) in [6.07, 6.45) is 0. The summed E-state index contributed by atoms with van der Waals surface area (Å²) in [5.74, 6) is 0. The van der Waals surface area contributed by atoms with E-state index in [1.165, 1.54) is 0 Å². The minimum Gasteiger partial charge on any atom is -0.377 e. The molecule has 0 bridgehead atoms. The first-order valence-corrected chi connectivity index (χ1v) is 8.30. The second kappa shape index (κ2) is 7.36. The molecule has 0 unspecified atom stereocenters. The molecule has 0 heterocycles. The predicted octanol–water partition coefficient (Wildman–Crippen LogP) is 2.70. The fraction of sp³-hybridized carbons (Fsp3) is 0.250. The van der Waals surface area contributed by atoms with Gasteiger partial charge in [-0.1, -0.05) is 42.5 Å². The average molecular weight is 305 g/mol. The Bertz CT molecular complexity index is 652. The molecule has 0 radical (unpaired) electrons. The summed E-state index contributed by atoms with van der Waals surface area (Å²) in [6.45, 7) is 3.48. The molecule has 0 aliphatic heterocycles. The molecule has 2 aromatic rings. The molecule has 0 atom stereocenters. The molecule has 1 N–H and O–H groups in total. The molecule has 21 heavy (non-hydrogen) atoms. The summed E-state index contributed by atoms with van der Waals surface area (Å²) in [5, 5.41) is 0. The highest BCUT2D eigenvalue weighted by molar-refractivity contribution is 7.89. The van der Waals surface area contributed by atoms with Crippen molar-refractivity contribution in [2.75, 3.05) is 6.61 Å². The van der Waals surface area contributed by atoms with Crippen LogP contribution in [0.5, 0.6) is 0 Å². The van der Waals surface area contributed by atoms with Crippen molar-refractivity contribution in [3.8, 4) is 0 Å². The maximum Gasteiger partial charge on any atom is 0.240 e. The third kappa shape index (κ3) is 4.67. The van der Waals surface area contributed by atoms with Gasteiger partial charge < -0.3 is 4.74 Å². The van der Waals surface area contributed by atoms with Crippen molar-refractivity contribution >= 4 is 10.0 Å². The Morgan fingerprint density at radius 2 is 1.57 bits per heavy atom. The van der Waals surface area contributed by atoms with E-state index in [0.717, 1.165) is 11.1 Å². The van der Waals surface area contributed by atoms with Crippen LogP contribution < -0.4 is 4.72 Å². The maximum atomic E-state index is 12.1. The molecule has 0 fully saturated rings. The van der Waals surface area contributed by atoms with Gasteiger partial charge in [-0.15, -0.1) is 0 Å². The average Bonchev–Trinajstić information content (AvgIpc) is 2.53. The predicted molar refractivity (Wildman–Crippen MR) is 82.2 cm³/mol. The zero-order valence-electron chi connectivity index (χ0n) is 12.0. The standard InChI is InChI=1S/C16H19NO3S/c1-2-20-13-15-10-8-14(9-11-15)12-17-21(18,19)16-6-4-3-5-7-16/h3-11,17H,2,12-13H2,1H3. The first kappa shape index (κ1) is 15.7. The van der Waals surface area contributed by atoms with E-state index in [2.05, 4.69) is 4.72 Å². The third-order valence-corrected chi connectivity index (χ3v) is 4.43. The van der Waals surface area contributed by atoms with Gasteiger partial charge in [-0.3, -0.25) is 0 Å². The SMILES string of the molecule is CCOCc1ccc(CNS(=O)(=O)c2ccccc2)cc1. The fourth-order valence-corrected chi connectivity index (χ4v) is 2.87. The van der Waals surface area contributed by atoms with Crippen LogP contribution in [0.1, 0.15) is 18.1 Å². The topological polar surface area (TPSA) is 55.4 Å². The van der Waals surface area contributed by atoms with Crippen LogP contribution in [0.4, 0.5) is 0 Å². The van der Waals surface area contributed by atoms with Gasteiger partial charge >= 0.3 is 0 Å². The number of rotatable bonds is 7. The van der Waals surface area contributed by atoms with Crippen molar-refractivity contribution in [3.63, 3.8) is 0 Å². The molecule has 5 heteroatoms. The molecule has 2 rings (SSSR count). The van der Waals surface area contributed by atoms with Crippen LogP contribution in [0.3, 0.4) is 0 Å². The Labute approximate surface area is 125 Å². The number of hydrogen-bond donors (Lipinski definition) is 1. The van der Waals surface area contributed by atoms with Crippen LogP contribution in [-0.4, -0.2) is 15.0 Å². The lowest BCUT2D eigenvalue weighted by atomic mass is 10.1. The molecule has 112 valence electrons. The highest BCUT2D eigenvalue weighted by Crippen LogP contribution is 2.10. The van der Waals surface area contributed by atoms with Crippen LogP contribution in [0.25, 0.3) is 0 Å². The van der Waals surface area contributed by atoms with Gasteiger partial charge in [-0.2, -0.15) is 0 Å². The lowest BCUT2D eigenvalue weighted by Crippen LogP contribution is -2.23. The highest BCUT2D eigenvalue weighted by Gasteiger charge is 2.12. The van der Waals surface area contributed by atoms with Crippen molar-refractivity contribution in [1.82, 2.24) is 4.72 Å². The van der Waals surface area contributed by atoms with Gasteiger partial charge in [0.2, 0.25) is 10.0 Å². The van der Waals surface area contributed by atoms with Crippen molar-refractivity contribution in [2.24, 2.45) is 0 Å². The minimum absolute atomic E-state index is 0.270. The van der Waals surface area contributed by atoms with Crippen LogP contribution in [0.2, 0.25) is 0 Å². The van der Waals surface area contributed by atoms with Gasteiger partial charge in [-0.25, -0.2) is 13.1 Å². The van der Waals surface area contributed by atoms with E-state index in [9.17, 15) is 8.42 Å². The molecule has 0 amide bonds. The van der Waals surface area contributed by atoms with Crippen molar-refractivity contribution in [2.45, 2.75) is 25.0 Å². The van der Waals surface area contributed by atoms with Crippen molar-refractivity contribution in [3.05, 3.63) is 65.7 Å². The molecule has 0 saturated heterocycles. The van der Waals surface area contributed by atoms with E-state index in [0.29, 0.717) is 13.2 Å².